The Morgan fingerprint density at radius 2 is 1.60 bits per heavy atom. The Hall–Kier alpha value is -2.76. The van der Waals surface area contributed by atoms with E-state index in [0.29, 0.717) is 36.1 Å². The van der Waals surface area contributed by atoms with E-state index in [9.17, 15) is 35.5 Å². The van der Waals surface area contributed by atoms with Gasteiger partial charge in [0.05, 0.1) is 23.2 Å². The lowest BCUT2D eigenvalue weighted by molar-refractivity contribution is -0.143. The largest absolute Gasteiger partial charge is 0.416 e. The minimum absolute atomic E-state index is 0.0620. The van der Waals surface area contributed by atoms with Crippen molar-refractivity contribution in [2.75, 3.05) is 13.6 Å². The summed E-state index contributed by atoms with van der Waals surface area (Å²) in [5.74, 6) is -0.442. The summed E-state index contributed by atoms with van der Waals surface area (Å²) < 4.78 is 99.0. The predicted octanol–water partition coefficient (Wildman–Crippen LogP) is 9.01. The molecule has 2 amide bonds. The van der Waals surface area contributed by atoms with Crippen LogP contribution < -0.4 is 0 Å². The second-order valence-corrected chi connectivity index (χ2v) is 12.5. The first-order valence-electron chi connectivity index (χ1n) is 12.6. The van der Waals surface area contributed by atoms with E-state index >= 15 is 0 Å². The molecule has 1 heterocycles. The minimum Gasteiger partial charge on any atom is -0.321 e. The molecule has 0 bridgehead atoms. The monoisotopic (exact) mass is 591 g/mol. The van der Waals surface area contributed by atoms with Gasteiger partial charge in [0.1, 0.15) is 5.82 Å². The van der Waals surface area contributed by atoms with E-state index in [1.165, 1.54) is 43.0 Å². The number of carbonyl (C=O) groups excluding carboxylic acids is 1. The maximum atomic E-state index is 13.9. The summed E-state index contributed by atoms with van der Waals surface area (Å²) in [5, 5.41) is 0. The fraction of sp³-hybridized carbons (Fsp3) is 0.500. The van der Waals surface area contributed by atoms with E-state index in [2.05, 4.69) is 4.40 Å². The molecule has 2 aromatic carbocycles. The quantitative estimate of drug-likeness (QED) is 0.263. The van der Waals surface area contributed by atoms with Crippen molar-refractivity contribution in [2.24, 2.45) is 4.40 Å². The van der Waals surface area contributed by atoms with E-state index in [0.717, 1.165) is 10.6 Å². The second-order valence-electron chi connectivity index (χ2n) is 10.9. The lowest BCUT2D eigenvalue weighted by Gasteiger charge is -2.41. The first-order chi connectivity index (χ1) is 18.3. The average Bonchev–Trinajstić information content (AvgIpc) is 2.84. The van der Waals surface area contributed by atoms with Gasteiger partial charge in [0.2, 0.25) is 0 Å². The first kappa shape index (κ1) is 31.8. The molecule has 0 aliphatic carbocycles. The van der Waals surface area contributed by atoms with Crippen molar-refractivity contribution in [1.82, 2.24) is 9.80 Å². The maximum absolute atomic E-state index is 13.9. The van der Waals surface area contributed by atoms with E-state index in [1.807, 2.05) is 20.8 Å². The van der Waals surface area contributed by atoms with Crippen LogP contribution in [0.4, 0.5) is 35.5 Å². The SMILES string of the molecule is Cc1cc(F)ccc1C1CC(=NSC(C)(C)C)CCN1C(=O)N(C)C(C)c1cc(C(F)(F)F)cc(C(F)(F)F)c1. The summed E-state index contributed by atoms with van der Waals surface area (Å²) in [6, 6.07) is 3.31. The number of amides is 2. The van der Waals surface area contributed by atoms with Gasteiger partial charge in [-0.15, -0.1) is 0 Å². The van der Waals surface area contributed by atoms with Crippen LogP contribution in [0.5, 0.6) is 0 Å². The van der Waals surface area contributed by atoms with Crippen LogP contribution in [0.2, 0.25) is 0 Å². The summed E-state index contributed by atoms with van der Waals surface area (Å²) >= 11 is 1.40. The molecular formula is C28H32F7N3OS. The van der Waals surface area contributed by atoms with Crippen molar-refractivity contribution in [1.29, 1.82) is 0 Å². The molecule has 4 nitrogen and oxygen atoms in total. The van der Waals surface area contributed by atoms with Crippen LogP contribution in [-0.4, -0.2) is 39.9 Å². The number of likely N-dealkylation sites (tertiary alicyclic amines) is 1. The fourth-order valence-corrected chi connectivity index (χ4v) is 5.03. The van der Waals surface area contributed by atoms with E-state index in [4.69, 9.17) is 0 Å². The normalized spacial score (nSPS) is 18.7. The van der Waals surface area contributed by atoms with Crippen molar-refractivity contribution < 1.29 is 35.5 Å². The fourth-order valence-electron chi connectivity index (χ4n) is 4.46. The molecule has 1 aliphatic heterocycles. The third kappa shape index (κ3) is 7.70. The van der Waals surface area contributed by atoms with Crippen LogP contribution in [0.3, 0.4) is 0 Å². The number of urea groups is 1. The molecule has 3 rings (SSSR count). The van der Waals surface area contributed by atoms with Crippen molar-refractivity contribution in [3.63, 3.8) is 0 Å². The highest BCUT2D eigenvalue weighted by Crippen LogP contribution is 2.39. The van der Waals surface area contributed by atoms with Gasteiger partial charge in [0.15, 0.2) is 0 Å². The highest BCUT2D eigenvalue weighted by atomic mass is 32.2. The Morgan fingerprint density at radius 3 is 2.10 bits per heavy atom. The molecule has 1 aliphatic rings. The number of aryl methyl sites for hydroxylation is 1. The third-order valence-corrected chi connectivity index (χ3v) is 7.60. The third-order valence-electron chi connectivity index (χ3n) is 6.71. The van der Waals surface area contributed by atoms with Gasteiger partial charge in [0.25, 0.3) is 0 Å². The van der Waals surface area contributed by atoms with Crippen molar-refractivity contribution in [3.05, 3.63) is 70.0 Å². The molecule has 12 heteroatoms. The molecule has 40 heavy (non-hydrogen) atoms. The Labute approximate surface area is 233 Å². The Morgan fingerprint density at radius 1 is 1.02 bits per heavy atom. The van der Waals surface area contributed by atoms with Crippen molar-refractivity contribution in [3.8, 4) is 0 Å². The first-order valence-corrected chi connectivity index (χ1v) is 13.4. The number of halogens is 7. The summed E-state index contributed by atoms with van der Waals surface area (Å²) in [7, 11) is 1.34. The molecule has 0 spiro atoms. The molecule has 0 radical (unpaired) electrons. The number of rotatable bonds is 4. The van der Waals surface area contributed by atoms with E-state index in [-0.39, 0.29) is 22.9 Å². The summed E-state index contributed by atoms with van der Waals surface area (Å²) in [6.45, 7) is 9.34. The van der Waals surface area contributed by atoms with Gasteiger partial charge in [-0.1, -0.05) is 6.07 Å². The van der Waals surface area contributed by atoms with Crippen molar-refractivity contribution in [2.45, 2.75) is 76.6 Å². The van der Waals surface area contributed by atoms with Crippen LogP contribution in [0.15, 0.2) is 40.8 Å². The molecular weight excluding hydrogens is 559 g/mol. The highest BCUT2D eigenvalue weighted by Gasteiger charge is 2.39. The Bertz CT molecular complexity index is 1240. The van der Waals surface area contributed by atoms with E-state index < -0.39 is 47.4 Å². The lowest BCUT2D eigenvalue weighted by atomic mass is 9.91. The number of hydrogen-bond donors (Lipinski definition) is 0. The number of nitrogens with zero attached hydrogens (tertiary/aromatic N) is 3. The Balaban J connectivity index is 1.98. The topological polar surface area (TPSA) is 35.9 Å². The van der Waals surface area contributed by atoms with Gasteiger partial charge in [-0.3, -0.25) is 0 Å². The number of piperidine rings is 1. The summed E-state index contributed by atoms with van der Waals surface area (Å²) in [4.78, 5) is 16.4. The molecule has 0 aromatic heterocycles. The molecule has 0 N–H and O–H groups in total. The van der Waals surface area contributed by atoms with Gasteiger partial charge in [-0.05, 0) is 93.6 Å². The van der Waals surface area contributed by atoms with Crippen LogP contribution in [0.25, 0.3) is 0 Å². The number of hydrogen-bond acceptors (Lipinski definition) is 3. The van der Waals surface area contributed by atoms with Gasteiger partial charge < -0.3 is 9.80 Å². The average molecular weight is 592 g/mol. The zero-order valence-corrected chi connectivity index (χ0v) is 23.9. The van der Waals surface area contributed by atoms with Gasteiger partial charge in [-0.25, -0.2) is 13.6 Å². The zero-order chi connectivity index (χ0) is 30.2. The zero-order valence-electron chi connectivity index (χ0n) is 23.0. The number of alkyl halides is 6. The predicted molar refractivity (Wildman–Crippen MR) is 143 cm³/mol. The molecule has 220 valence electrons. The van der Waals surface area contributed by atoms with Gasteiger partial charge >= 0.3 is 18.4 Å². The molecule has 2 aromatic rings. The van der Waals surface area contributed by atoms with E-state index in [1.54, 1.807) is 13.0 Å². The lowest BCUT2D eigenvalue weighted by Crippen LogP contribution is -2.48. The Kier molecular flexibility index (Phi) is 9.23. The highest BCUT2D eigenvalue weighted by molar-refractivity contribution is 7.99. The van der Waals surface area contributed by atoms with Crippen molar-refractivity contribution >= 4 is 23.7 Å². The summed E-state index contributed by atoms with van der Waals surface area (Å²) in [6.07, 6.45) is -9.21. The standard InChI is InChI=1S/C28H32F7N3OS/c1-16-11-21(29)7-8-23(16)24-15-22(36-40-26(3,4)5)9-10-38(24)25(39)37(6)17(2)18-12-19(27(30,31)32)14-20(13-18)28(33,34)35/h7-8,11-14,17,24H,9-10,15H2,1-6H3. The number of carbonyl (C=O) groups is 1. The second kappa shape index (κ2) is 11.6. The summed E-state index contributed by atoms with van der Waals surface area (Å²) in [5.41, 5.74) is -1.05. The number of benzene rings is 2. The molecule has 1 fully saturated rings. The van der Waals surface area contributed by atoms with Gasteiger partial charge in [-0.2, -0.15) is 26.3 Å². The molecule has 1 saturated heterocycles. The molecule has 0 saturated carbocycles. The van der Waals surface area contributed by atoms with Crippen LogP contribution >= 0.6 is 11.9 Å². The smallest absolute Gasteiger partial charge is 0.321 e. The molecule has 2 unspecified atom stereocenters. The molecule has 2 atom stereocenters. The van der Waals surface area contributed by atoms with Crippen LogP contribution in [0, 0.1) is 12.7 Å². The van der Waals surface area contributed by atoms with Crippen LogP contribution in [-0.2, 0) is 12.4 Å². The van der Waals surface area contributed by atoms with Gasteiger partial charge in [0, 0.05) is 36.9 Å². The minimum atomic E-state index is -5.00. The van der Waals surface area contributed by atoms with Crippen LogP contribution in [0.1, 0.15) is 80.4 Å². The maximum Gasteiger partial charge on any atom is 0.416 e.